The van der Waals surface area contributed by atoms with Gasteiger partial charge in [0.1, 0.15) is 0 Å². The van der Waals surface area contributed by atoms with Crippen LogP contribution in [0.3, 0.4) is 0 Å². The molecule has 1 saturated carbocycles. The summed E-state index contributed by atoms with van der Waals surface area (Å²) in [6.07, 6.45) is -1.02. The van der Waals surface area contributed by atoms with Crippen molar-refractivity contribution in [3.05, 3.63) is 65.1 Å². The Bertz CT molecular complexity index is 1150. The molecule has 0 atom stereocenters. The highest BCUT2D eigenvalue weighted by Gasteiger charge is 2.33. The first-order chi connectivity index (χ1) is 13.6. The Labute approximate surface area is 169 Å². The molecule has 0 radical (unpaired) electrons. The highest BCUT2D eigenvalue weighted by Crippen LogP contribution is 2.40. The minimum atomic E-state index is -4.70. The second-order valence-electron chi connectivity index (χ2n) is 6.66. The van der Waals surface area contributed by atoms with Gasteiger partial charge >= 0.3 is 6.18 Å². The molecule has 2 aromatic carbocycles. The summed E-state index contributed by atoms with van der Waals surface area (Å²) in [6.45, 7) is 0. The molecule has 0 unspecified atom stereocenters. The lowest BCUT2D eigenvalue weighted by molar-refractivity contribution is -0.137. The molecule has 5 nitrogen and oxygen atoms in total. The predicted molar refractivity (Wildman–Crippen MR) is 101 cm³/mol. The smallest absolute Gasteiger partial charge is 0.417 e. The number of aromatic nitrogens is 1. The molecule has 4 rings (SSSR count). The number of nitrogens with one attached hydrogen (secondary N) is 1. The molecule has 0 aliphatic heterocycles. The molecular weight excluding hydrogens is 429 g/mol. The lowest BCUT2D eigenvalue weighted by Crippen LogP contribution is -2.14. The highest BCUT2D eigenvalue weighted by molar-refractivity contribution is 7.92. The summed E-state index contributed by atoms with van der Waals surface area (Å²) in [7, 11) is -4.09. The zero-order chi connectivity index (χ0) is 20.8. The number of anilines is 1. The van der Waals surface area contributed by atoms with Crippen LogP contribution in [0.2, 0.25) is 5.02 Å². The molecule has 29 heavy (non-hydrogen) atoms. The van der Waals surface area contributed by atoms with E-state index in [1.54, 1.807) is 18.3 Å². The maximum Gasteiger partial charge on any atom is 0.417 e. The molecule has 1 N–H and O–H groups in total. The third-order valence-corrected chi connectivity index (χ3v) is 6.15. The van der Waals surface area contributed by atoms with E-state index in [4.69, 9.17) is 16.0 Å². The minimum absolute atomic E-state index is 0.105. The van der Waals surface area contributed by atoms with Crippen molar-refractivity contribution in [1.82, 2.24) is 4.98 Å². The fourth-order valence-corrected chi connectivity index (χ4v) is 4.03. The summed E-state index contributed by atoms with van der Waals surface area (Å²) in [5.41, 5.74) is -0.712. The first-order valence-corrected chi connectivity index (χ1v) is 10.5. The summed E-state index contributed by atoms with van der Waals surface area (Å²) in [4.78, 5) is 4.11. The number of benzene rings is 2. The summed E-state index contributed by atoms with van der Waals surface area (Å²) < 4.78 is 71.8. The molecule has 0 spiro atoms. The summed E-state index contributed by atoms with van der Waals surface area (Å²) in [6, 6.07) is 8.60. The minimum Gasteiger partial charge on any atom is -0.440 e. The quantitative estimate of drug-likeness (QED) is 0.550. The van der Waals surface area contributed by atoms with Crippen molar-refractivity contribution < 1.29 is 26.0 Å². The van der Waals surface area contributed by atoms with E-state index in [-0.39, 0.29) is 10.6 Å². The van der Waals surface area contributed by atoms with Crippen molar-refractivity contribution >= 4 is 27.3 Å². The van der Waals surface area contributed by atoms with E-state index < -0.39 is 26.8 Å². The van der Waals surface area contributed by atoms with Crippen LogP contribution in [0.1, 0.15) is 30.2 Å². The molecule has 0 amide bonds. The maximum absolute atomic E-state index is 13.0. The van der Waals surface area contributed by atoms with Crippen LogP contribution in [0.5, 0.6) is 0 Å². The average Bonchev–Trinajstić information content (AvgIpc) is 3.39. The molecule has 1 aromatic heterocycles. The molecule has 152 valence electrons. The number of sulfonamides is 1. The molecule has 1 aliphatic carbocycles. The third-order valence-electron chi connectivity index (χ3n) is 4.42. The van der Waals surface area contributed by atoms with Gasteiger partial charge in [-0.15, -0.1) is 0 Å². The van der Waals surface area contributed by atoms with E-state index in [1.165, 1.54) is 12.1 Å². The zero-order valence-electron chi connectivity index (χ0n) is 14.7. The lowest BCUT2D eigenvalue weighted by Gasteiger charge is -2.13. The summed E-state index contributed by atoms with van der Waals surface area (Å²) in [5, 5.41) is -0.512. The third kappa shape index (κ3) is 4.25. The van der Waals surface area contributed by atoms with Crippen LogP contribution in [0, 0.1) is 0 Å². The van der Waals surface area contributed by atoms with Gasteiger partial charge in [-0.2, -0.15) is 13.2 Å². The Kier molecular flexibility index (Phi) is 4.82. The first kappa shape index (κ1) is 19.8. The van der Waals surface area contributed by atoms with Crippen LogP contribution in [0.25, 0.3) is 11.3 Å². The Balaban J connectivity index is 1.56. The molecule has 0 bridgehead atoms. The molecule has 10 heteroatoms. The highest BCUT2D eigenvalue weighted by atomic mass is 35.5. The van der Waals surface area contributed by atoms with Crippen molar-refractivity contribution in [2.45, 2.75) is 29.8 Å². The van der Waals surface area contributed by atoms with Crippen molar-refractivity contribution in [3.8, 4) is 11.3 Å². The monoisotopic (exact) mass is 442 g/mol. The van der Waals surface area contributed by atoms with E-state index in [2.05, 4.69) is 9.71 Å². The number of oxazole rings is 1. The van der Waals surface area contributed by atoms with Crippen LogP contribution >= 0.6 is 11.6 Å². The van der Waals surface area contributed by atoms with Gasteiger partial charge in [0.2, 0.25) is 0 Å². The van der Waals surface area contributed by atoms with E-state index in [0.717, 1.165) is 25.0 Å². The number of hydrogen-bond acceptors (Lipinski definition) is 4. The van der Waals surface area contributed by atoms with Crippen LogP contribution in [0.15, 0.2) is 58.0 Å². The fourth-order valence-electron chi connectivity index (χ4n) is 2.76. The van der Waals surface area contributed by atoms with E-state index in [0.29, 0.717) is 29.2 Å². The molecule has 1 aliphatic rings. The Morgan fingerprint density at radius 1 is 1.10 bits per heavy atom. The second kappa shape index (κ2) is 7.07. The van der Waals surface area contributed by atoms with E-state index in [1.807, 2.05) is 0 Å². The molecule has 0 saturated heterocycles. The van der Waals surface area contributed by atoms with Crippen LogP contribution in [-0.4, -0.2) is 13.4 Å². The van der Waals surface area contributed by atoms with Crippen molar-refractivity contribution in [3.63, 3.8) is 0 Å². The van der Waals surface area contributed by atoms with Crippen molar-refractivity contribution in [2.75, 3.05) is 4.72 Å². The summed E-state index contributed by atoms with van der Waals surface area (Å²) >= 11 is 5.56. The maximum atomic E-state index is 13.0. The zero-order valence-corrected chi connectivity index (χ0v) is 16.3. The van der Waals surface area contributed by atoms with Gasteiger partial charge in [-0.3, -0.25) is 4.72 Å². The number of hydrogen-bond donors (Lipinski definition) is 1. The van der Waals surface area contributed by atoms with Gasteiger partial charge in [0.15, 0.2) is 11.7 Å². The van der Waals surface area contributed by atoms with Gasteiger partial charge < -0.3 is 4.42 Å². The van der Waals surface area contributed by atoms with Gasteiger partial charge in [0, 0.05) is 17.2 Å². The Morgan fingerprint density at radius 2 is 1.79 bits per heavy atom. The van der Waals surface area contributed by atoms with Crippen LogP contribution in [-0.2, 0) is 16.2 Å². The van der Waals surface area contributed by atoms with Crippen molar-refractivity contribution in [2.24, 2.45) is 0 Å². The van der Waals surface area contributed by atoms with Gasteiger partial charge in [0.05, 0.1) is 21.7 Å². The number of rotatable bonds is 5. The topological polar surface area (TPSA) is 72.2 Å². The largest absolute Gasteiger partial charge is 0.440 e. The molecular formula is C19H14ClF3N2O3S. The Hall–Kier alpha value is -2.52. The van der Waals surface area contributed by atoms with Gasteiger partial charge in [-0.05, 0) is 55.3 Å². The first-order valence-electron chi connectivity index (χ1n) is 8.59. The fraction of sp³-hybridized carbons (Fsp3) is 0.211. The molecule has 1 fully saturated rings. The number of halogens is 4. The van der Waals surface area contributed by atoms with Gasteiger partial charge in [-0.1, -0.05) is 11.6 Å². The lowest BCUT2D eigenvalue weighted by atomic mass is 10.2. The van der Waals surface area contributed by atoms with Crippen LogP contribution in [0.4, 0.5) is 18.9 Å². The predicted octanol–water partition coefficient (Wildman–Crippen LogP) is 5.69. The normalized spacial score (nSPS) is 14.8. The van der Waals surface area contributed by atoms with Gasteiger partial charge in [0.25, 0.3) is 10.0 Å². The van der Waals surface area contributed by atoms with Crippen LogP contribution < -0.4 is 4.72 Å². The average molecular weight is 443 g/mol. The number of alkyl halides is 3. The summed E-state index contributed by atoms with van der Waals surface area (Å²) in [5.74, 6) is 1.55. The Morgan fingerprint density at radius 3 is 2.41 bits per heavy atom. The second-order valence-corrected chi connectivity index (χ2v) is 8.75. The van der Waals surface area contributed by atoms with Gasteiger partial charge in [-0.25, -0.2) is 13.4 Å². The molecule has 3 aromatic rings. The standard InChI is InChI=1S/C19H14ClF3N2O3S/c20-16-8-5-13(9-15(16)19(21,22)23)25-29(26,27)14-6-3-11(4-7-14)17-10-24-18(28-17)12-1-2-12/h3-10,12,25H,1-2H2. The number of nitrogens with zero attached hydrogens (tertiary/aromatic N) is 1. The van der Waals surface area contributed by atoms with E-state index >= 15 is 0 Å². The van der Waals surface area contributed by atoms with E-state index in [9.17, 15) is 21.6 Å². The SMILES string of the molecule is O=S(=O)(Nc1ccc(Cl)c(C(F)(F)F)c1)c1ccc(-c2cnc(C3CC3)o2)cc1. The van der Waals surface area contributed by atoms with Crippen molar-refractivity contribution in [1.29, 1.82) is 0 Å². The molecule has 1 heterocycles.